The summed E-state index contributed by atoms with van der Waals surface area (Å²) in [7, 11) is 0. The monoisotopic (exact) mass is 405 g/mol. The molecule has 0 aliphatic heterocycles. The van der Waals surface area contributed by atoms with Gasteiger partial charge in [-0.1, -0.05) is 12.1 Å². The van der Waals surface area contributed by atoms with Gasteiger partial charge in [0.2, 0.25) is 0 Å². The van der Waals surface area contributed by atoms with Gasteiger partial charge in [0.25, 0.3) is 5.91 Å². The van der Waals surface area contributed by atoms with Crippen LogP contribution in [0, 0.1) is 6.92 Å². The highest BCUT2D eigenvalue weighted by Gasteiger charge is 2.38. The number of alkyl halides is 3. The topological polar surface area (TPSA) is 68.0 Å². The Morgan fingerprint density at radius 2 is 1.93 bits per heavy atom. The van der Waals surface area contributed by atoms with Gasteiger partial charge in [0.15, 0.2) is 0 Å². The first kappa shape index (κ1) is 18.7. The molecule has 3 N–H and O–H groups in total. The number of aromatic nitrogens is 1. The number of thiophene rings is 1. The van der Waals surface area contributed by atoms with E-state index in [2.05, 4.69) is 10.3 Å². The van der Waals surface area contributed by atoms with Crippen LogP contribution in [0.2, 0.25) is 0 Å². The second-order valence-corrected chi connectivity index (χ2v) is 7.97. The molecule has 8 heteroatoms. The summed E-state index contributed by atoms with van der Waals surface area (Å²) in [5.41, 5.74) is 8.00. The maximum Gasteiger partial charge on any atom is 0.433 e. The SMILES string of the molecule is Cc1cccc(NC(=O)c2sc3nc(C(F)(F)F)c4c(c3c2N)CCCC4)c1. The van der Waals surface area contributed by atoms with Crippen LogP contribution in [0.1, 0.15) is 44.9 Å². The van der Waals surface area contributed by atoms with Gasteiger partial charge in [-0.05, 0) is 61.4 Å². The highest BCUT2D eigenvalue weighted by Crippen LogP contribution is 2.43. The molecule has 1 aromatic carbocycles. The Bertz CT molecular complexity index is 1090. The molecule has 0 spiro atoms. The van der Waals surface area contributed by atoms with Crippen molar-refractivity contribution in [3.63, 3.8) is 0 Å². The highest BCUT2D eigenvalue weighted by atomic mass is 32.1. The van der Waals surface area contributed by atoms with Gasteiger partial charge in [0.1, 0.15) is 15.4 Å². The number of hydrogen-bond acceptors (Lipinski definition) is 4. The van der Waals surface area contributed by atoms with Crippen molar-refractivity contribution in [3.8, 4) is 0 Å². The molecule has 0 fully saturated rings. The Morgan fingerprint density at radius 3 is 2.61 bits per heavy atom. The fraction of sp³-hybridized carbons (Fsp3) is 0.300. The third-order valence-electron chi connectivity index (χ3n) is 4.95. The number of fused-ring (bicyclic) bond motifs is 3. The van der Waals surface area contributed by atoms with Crippen LogP contribution in [-0.4, -0.2) is 10.9 Å². The minimum absolute atomic E-state index is 0.167. The van der Waals surface area contributed by atoms with Gasteiger partial charge < -0.3 is 11.1 Å². The van der Waals surface area contributed by atoms with Crippen molar-refractivity contribution in [1.82, 2.24) is 4.98 Å². The standard InChI is InChI=1S/C20H18F3N3OS/c1-10-5-4-6-11(9-10)25-18(27)16-15(24)14-12-7-2-3-8-13(12)17(20(21,22)23)26-19(14)28-16/h4-6,9H,2-3,7-8,24H2,1H3,(H,25,27). The second-order valence-electron chi connectivity index (χ2n) is 6.97. The van der Waals surface area contributed by atoms with Crippen molar-refractivity contribution in [3.05, 3.63) is 51.5 Å². The highest BCUT2D eigenvalue weighted by molar-refractivity contribution is 7.21. The maximum atomic E-state index is 13.5. The number of halogens is 3. The van der Waals surface area contributed by atoms with E-state index in [-0.39, 0.29) is 21.0 Å². The Morgan fingerprint density at radius 1 is 1.21 bits per heavy atom. The smallest absolute Gasteiger partial charge is 0.397 e. The molecule has 4 rings (SSSR count). The summed E-state index contributed by atoms with van der Waals surface area (Å²) in [6.07, 6.45) is -2.21. The van der Waals surface area contributed by atoms with E-state index in [4.69, 9.17) is 5.73 Å². The summed E-state index contributed by atoms with van der Waals surface area (Å²) in [5.74, 6) is -0.441. The summed E-state index contributed by atoms with van der Waals surface area (Å²) in [5, 5.41) is 3.27. The molecule has 2 heterocycles. The molecule has 0 atom stereocenters. The van der Waals surface area contributed by atoms with Crippen LogP contribution in [-0.2, 0) is 19.0 Å². The van der Waals surface area contributed by atoms with Crippen molar-refractivity contribution >= 4 is 38.8 Å². The predicted molar refractivity (Wildman–Crippen MR) is 105 cm³/mol. The molecule has 146 valence electrons. The number of carbonyl (C=O) groups is 1. The van der Waals surface area contributed by atoms with E-state index in [9.17, 15) is 18.0 Å². The van der Waals surface area contributed by atoms with Crippen molar-refractivity contribution in [1.29, 1.82) is 0 Å². The molecule has 1 aliphatic carbocycles. The minimum Gasteiger partial charge on any atom is -0.397 e. The summed E-state index contributed by atoms with van der Waals surface area (Å²) in [6.45, 7) is 1.90. The summed E-state index contributed by atoms with van der Waals surface area (Å²) in [4.78, 5) is 17.0. The Balaban J connectivity index is 1.83. The van der Waals surface area contributed by atoms with Gasteiger partial charge in [-0.3, -0.25) is 4.79 Å². The lowest BCUT2D eigenvalue weighted by Crippen LogP contribution is -2.17. The first-order valence-corrected chi connectivity index (χ1v) is 9.76. The molecule has 0 bridgehead atoms. The quantitative estimate of drug-likeness (QED) is 0.605. The van der Waals surface area contributed by atoms with Crippen LogP contribution < -0.4 is 11.1 Å². The van der Waals surface area contributed by atoms with Gasteiger partial charge in [0.05, 0.1) is 5.69 Å². The number of pyridine rings is 1. The number of anilines is 2. The first-order valence-electron chi connectivity index (χ1n) is 8.94. The van der Waals surface area contributed by atoms with E-state index in [1.165, 1.54) is 0 Å². The molecule has 1 amide bonds. The number of rotatable bonds is 2. The van der Waals surface area contributed by atoms with Crippen LogP contribution >= 0.6 is 11.3 Å². The van der Waals surface area contributed by atoms with Crippen molar-refractivity contribution < 1.29 is 18.0 Å². The summed E-state index contributed by atoms with van der Waals surface area (Å²) >= 11 is 0.910. The number of benzene rings is 1. The summed E-state index contributed by atoms with van der Waals surface area (Å²) < 4.78 is 40.6. The van der Waals surface area contributed by atoms with Crippen LogP contribution in [0.4, 0.5) is 24.5 Å². The fourth-order valence-electron chi connectivity index (χ4n) is 3.73. The number of nitrogen functional groups attached to an aromatic ring is 1. The molecular formula is C20H18F3N3OS. The number of carbonyl (C=O) groups excluding carboxylic acids is 1. The number of nitrogens with two attached hydrogens (primary N) is 1. The lowest BCUT2D eigenvalue weighted by Gasteiger charge is -2.21. The molecule has 0 saturated heterocycles. The normalized spacial score (nSPS) is 14.1. The third kappa shape index (κ3) is 3.22. The minimum atomic E-state index is -4.53. The molecular weight excluding hydrogens is 387 g/mol. The van der Waals surface area contributed by atoms with Crippen molar-refractivity contribution in [2.45, 2.75) is 38.8 Å². The predicted octanol–water partition coefficient (Wildman–Crippen LogP) is 5.34. The molecule has 4 nitrogen and oxygen atoms in total. The van der Waals surface area contributed by atoms with Crippen LogP contribution in [0.3, 0.4) is 0 Å². The van der Waals surface area contributed by atoms with Crippen molar-refractivity contribution in [2.75, 3.05) is 11.1 Å². The first-order chi connectivity index (χ1) is 13.3. The molecule has 2 aromatic heterocycles. The second kappa shape index (κ2) is 6.77. The fourth-order valence-corrected chi connectivity index (χ4v) is 4.75. The maximum absolute atomic E-state index is 13.5. The molecule has 1 aliphatic rings. The number of amides is 1. The van der Waals surface area contributed by atoms with Crippen LogP contribution in [0.25, 0.3) is 10.2 Å². The number of nitrogens with zero attached hydrogens (tertiary/aromatic N) is 1. The molecule has 0 saturated carbocycles. The zero-order valence-electron chi connectivity index (χ0n) is 15.1. The average molecular weight is 405 g/mol. The third-order valence-corrected chi connectivity index (χ3v) is 6.04. The van der Waals surface area contributed by atoms with Gasteiger partial charge in [0, 0.05) is 11.1 Å². The van der Waals surface area contributed by atoms with Gasteiger partial charge >= 0.3 is 6.18 Å². The molecule has 28 heavy (non-hydrogen) atoms. The molecule has 0 radical (unpaired) electrons. The number of nitrogens with one attached hydrogen (secondary N) is 1. The molecule has 3 aromatic rings. The van der Waals surface area contributed by atoms with Crippen LogP contribution in [0.15, 0.2) is 24.3 Å². The van der Waals surface area contributed by atoms with E-state index in [0.717, 1.165) is 23.3 Å². The van der Waals surface area contributed by atoms with E-state index in [1.807, 2.05) is 25.1 Å². The Kier molecular flexibility index (Phi) is 4.53. The van der Waals surface area contributed by atoms with E-state index >= 15 is 0 Å². The molecule has 0 unspecified atom stereocenters. The lowest BCUT2D eigenvalue weighted by molar-refractivity contribution is -0.141. The Hall–Kier alpha value is -2.61. The summed E-state index contributed by atoms with van der Waals surface area (Å²) in [6, 6.07) is 7.27. The zero-order valence-corrected chi connectivity index (χ0v) is 15.9. The van der Waals surface area contributed by atoms with Crippen LogP contribution in [0.5, 0.6) is 0 Å². The average Bonchev–Trinajstić information content (AvgIpc) is 2.97. The number of aryl methyl sites for hydroxylation is 2. The Labute approximate surface area is 163 Å². The van der Waals surface area contributed by atoms with Gasteiger partial charge in [-0.25, -0.2) is 4.98 Å². The lowest BCUT2D eigenvalue weighted by atomic mass is 9.88. The van der Waals surface area contributed by atoms with E-state index < -0.39 is 17.8 Å². The van der Waals surface area contributed by atoms with Crippen molar-refractivity contribution in [2.24, 2.45) is 0 Å². The largest absolute Gasteiger partial charge is 0.433 e. The number of hydrogen-bond donors (Lipinski definition) is 2. The van der Waals surface area contributed by atoms with E-state index in [1.54, 1.807) is 6.07 Å². The van der Waals surface area contributed by atoms with Gasteiger partial charge in [-0.2, -0.15) is 13.2 Å². The zero-order chi connectivity index (χ0) is 20.1. The van der Waals surface area contributed by atoms with Gasteiger partial charge in [-0.15, -0.1) is 11.3 Å². The van der Waals surface area contributed by atoms with E-state index in [0.29, 0.717) is 35.9 Å².